The Balaban J connectivity index is 2.07. The monoisotopic (exact) mass is 305 g/mol. The predicted octanol–water partition coefficient (Wildman–Crippen LogP) is 3.05. The van der Waals surface area contributed by atoms with Gasteiger partial charge in [-0.05, 0) is 28.7 Å². The fraction of sp³-hybridized carbons (Fsp3) is 0.263. The minimum absolute atomic E-state index is 0.149. The van der Waals surface area contributed by atoms with Crippen LogP contribution >= 0.6 is 0 Å². The number of carbonyl (C=O) groups excluding carboxylic acids is 2. The molecule has 0 fully saturated rings. The summed E-state index contributed by atoms with van der Waals surface area (Å²) >= 11 is 0. The Morgan fingerprint density at radius 1 is 1.13 bits per heavy atom. The molecular formula is C19H15NO3. The van der Waals surface area contributed by atoms with Gasteiger partial charge in [-0.1, -0.05) is 48.5 Å². The van der Waals surface area contributed by atoms with Crippen molar-refractivity contribution in [2.45, 2.75) is 30.9 Å². The Morgan fingerprint density at radius 3 is 2.22 bits per heavy atom. The van der Waals surface area contributed by atoms with Crippen LogP contribution in [0.15, 0.2) is 53.5 Å². The zero-order valence-electron chi connectivity index (χ0n) is 12.7. The molecule has 3 aliphatic rings. The molecule has 0 N–H and O–H groups in total. The summed E-state index contributed by atoms with van der Waals surface area (Å²) in [5, 5.41) is 0. The van der Waals surface area contributed by atoms with Crippen LogP contribution in [-0.2, 0) is 19.9 Å². The Labute approximate surface area is 133 Å². The molecule has 5 rings (SSSR count). The molecule has 4 nitrogen and oxygen atoms in total. The Kier molecular flexibility index (Phi) is 2.97. The Hall–Kier alpha value is -2.71. The largest absolute Gasteiger partial charge is 0.459 e. The van der Waals surface area contributed by atoms with E-state index in [1.54, 1.807) is 6.08 Å². The minimum Gasteiger partial charge on any atom is -0.459 e. The van der Waals surface area contributed by atoms with Crippen LogP contribution in [0.3, 0.4) is 0 Å². The van der Waals surface area contributed by atoms with Gasteiger partial charge in [0.05, 0.1) is 0 Å². The molecule has 0 saturated carbocycles. The number of aliphatic imine (C=N–C) groups is 1. The molecule has 0 saturated heterocycles. The zero-order valence-corrected chi connectivity index (χ0v) is 12.7. The molecule has 0 amide bonds. The average molecular weight is 305 g/mol. The number of carbonyl (C=O) groups is 1. The van der Waals surface area contributed by atoms with Crippen LogP contribution in [0.1, 0.15) is 41.5 Å². The van der Waals surface area contributed by atoms with Crippen molar-refractivity contribution in [2.24, 2.45) is 4.99 Å². The van der Waals surface area contributed by atoms with Gasteiger partial charge in [-0.2, -0.15) is 4.99 Å². The summed E-state index contributed by atoms with van der Waals surface area (Å²) in [5.41, 5.74) is 3.17. The maximum Gasteiger partial charge on any atom is 0.303 e. The van der Waals surface area contributed by atoms with E-state index in [2.05, 4.69) is 17.1 Å². The molecule has 0 radical (unpaired) electrons. The van der Waals surface area contributed by atoms with E-state index in [-0.39, 0.29) is 11.9 Å². The molecule has 0 aromatic heterocycles. The third-order valence-corrected chi connectivity index (χ3v) is 4.94. The van der Waals surface area contributed by atoms with Gasteiger partial charge < -0.3 is 4.74 Å². The number of esters is 1. The van der Waals surface area contributed by atoms with Crippen molar-refractivity contribution in [3.63, 3.8) is 0 Å². The van der Waals surface area contributed by atoms with Crippen LogP contribution < -0.4 is 0 Å². The van der Waals surface area contributed by atoms with Crippen molar-refractivity contribution in [1.29, 1.82) is 0 Å². The van der Waals surface area contributed by atoms with E-state index in [9.17, 15) is 9.59 Å². The quantitative estimate of drug-likeness (QED) is 0.487. The van der Waals surface area contributed by atoms with Gasteiger partial charge in [0.2, 0.25) is 6.08 Å². The van der Waals surface area contributed by atoms with Gasteiger partial charge in [0.25, 0.3) is 0 Å². The Bertz CT molecular complexity index is 804. The summed E-state index contributed by atoms with van der Waals surface area (Å²) in [7, 11) is 0. The zero-order chi connectivity index (χ0) is 16.0. The molecule has 0 spiro atoms. The third kappa shape index (κ3) is 1.76. The first kappa shape index (κ1) is 13.9. The van der Waals surface area contributed by atoms with Crippen molar-refractivity contribution in [2.75, 3.05) is 0 Å². The number of hydrogen-bond acceptors (Lipinski definition) is 4. The number of hydrogen-bond donors (Lipinski definition) is 0. The molecule has 1 unspecified atom stereocenters. The molecule has 2 bridgehead atoms. The summed E-state index contributed by atoms with van der Waals surface area (Å²) < 4.78 is 5.58. The van der Waals surface area contributed by atoms with Crippen LogP contribution in [0.25, 0.3) is 0 Å². The highest BCUT2D eigenvalue weighted by Gasteiger charge is 2.56. The van der Waals surface area contributed by atoms with Crippen LogP contribution in [0.2, 0.25) is 0 Å². The van der Waals surface area contributed by atoms with E-state index in [0.717, 1.165) is 22.3 Å². The average Bonchev–Trinajstić information content (AvgIpc) is 2.56. The highest BCUT2D eigenvalue weighted by molar-refractivity contribution is 5.68. The SMILES string of the molecule is CC(=O)OC1CC2c3ccccc3C1(N=C=O)c1ccccc12. The van der Waals surface area contributed by atoms with Crippen LogP contribution in [0, 0.1) is 0 Å². The van der Waals surface area contributed by atoms with E-state index in [1.165, 1.54) is 6.92 Å². The lowest BCUT2D eigenvalue weighted by atomic mass is 9.58. The smallest absolute Gasteiger partial charge is 0.303 e. The highest BCUT2D eigenvalue weighted by atomic mass is 16.5. The van der Waals surface area contributed by atoms with E-state index in [4.69, 9.17) is 4.74 Å². The molecule has 0 aliphatic heterocycles. The minimum atomic E-state index is -0.991. The lowest BCUT2D eigenvalue weighted by molar-refractivity contribution is -0.150. The van der Waals surface area contributed by atoms with Crippen molar-refractivity contribution < 1.29 is 14.3 Å². The molecule has 2 aromatic rings. The maximum absolute atomic E-state index is 11.6. The van der Waals surface area contributed by atoms with Gasteiger partial charge >= 0.3 is 5.97 Å². The van der Waals surface area contributed by atoms with Crippen LogP contribution in [0.5, 0.6) is 0 Å². The topological polar surface area (TPSA) is 55.7 Å². The third-order valence-electron chi connectivity index (χ3n) is 4.94. The second-order valence-electron chi connectivity index (χ2n) is 6.03. The normalized spacial score (nSPS) is 26.7. The van der Waals surface area contributed by atoms with E-state index >= 15 is 0 Å². The standard InChI is InChI=1S/C19H15NO3/c1-12(22)23-18-10-15-13-6-2-4-8-16(13)19(18,20-11-21)17-9-5-3-7-14(15)17/h2-9,15,18H,10H2,1H3. The van der Waals surface area contributed by atoms with Crippen molar-refractivity contribution >= 4 is 12.0 Å². The lowest BCUT2D eigenvalue weighted by Crippen LogP contribution is -2.51. The van der Waals surface area contributed by atoms with E-state index < -0.39 is 11.6 Å². The fourth-order valence-corrected chi connectivity index (χ4v) is 4.19. The van der Waals surface area contributed by atoms with Crippen molar-refractivity contribution in [1.82, 2.24) is 0 Å². The van der Waals surface area contributed by atoms with Gasteiger partial charge in [-0.3, -0.25) is 4.79 Å². The van der Waals surface area contributed by atoms with Crippen LogP contribution in [-0.4, -0.2) is 18.2 Å². The van der Waals surface area contributed by atoms with Gasteiger partial charge in [0.1, 0.15) is 6.10 Å². The summed E-state index contributed by atoms with van der Waals surface area (Å²) in [4.78, 5) is 27.1. The highest BCUT2D eigenvalue weighted by Crippen LogP contribution is 2.57. The number of ether oxygens (including phenoxy) is 1. The summed E-state index contributed by atoms with van der Waals surface area (Å²) in [6, 6.07) is 15.9. The van der Waals surface area contributed by atoms with Crippen molar-refractivity contribution in [3.05, 3.63) is 70.8 Å². The molecule has 114 valence electrons. The van der Waals surface area contributed by atoms with Gasteiger partial charge in [0.15, 0.2) is 5.54 Å². The molecule has 1 atom stereocenters. The molecule has 23 heavy (non-hydrogen) atoms. The van der Waals surface area contributed by atoms with Crippen LogP contribution in [0.4, 0.5) is 0 Å². The molecule has 0 heterocycles. The predicted molar refractivity (Wildman–Crippen MR) is 83.8 cm³/mol. The van der Waals surface area contributed by atoms with Gasteiger partial charge in [0, 0.05) is 12.8 Å². The number of fused-ring (bicyclic) bond motifs is 1. The number of benzene rings is 2. The first-order chi connectivity index (χ1) is 11.2. The molecule has 3 aliphatic carbocycles. The lowest BCUT2D eigenvalue weighted by Gasteiger charge is -2.50. The molecule has 4 heteroatoms. The van der Waals surface area contributed by atoms with Crippen molar-refractivity contribution in [3.8, 4) is 0 Å². The molecular weight excluding hydrogens is 290 g/mol. The number of nitrogens with zero attached hydrogens (tertiary/aromatic N) is 1. The second kappa shape index (κ2) is 4.90. The molecule has 2 aromatic carbocycles. The fourth-order valence-electron chi connectivity index (χ4n) is 4.19. The first-order valence-corrected chi connectivity index (χ1v) is 7.63. The second-order valence-corrected chi connectivity index (χ2v) is 6.03. The number of isocyanates is 1. The first-order valence-electron chi connectivity index (χ1n) is 7.63. The van der Waals surface area contributed by atoms with Gasteiger partial charge in [-0.15, -0.1) is 0 Å². The summed E-state index contributed by atoms with van der Waals surface area (Å²) in [6.45, 7) is 1.39. The maximum atomic E-state index is 11.6. The van der Waals surface area contributed by atoms with Gasteiger partial charge in [-0.25, -0.2) is 4.79 Å². The number of rotatable bonds is 2. The Morgan fingerprint density at radius 2 is 1.70 bits per heavy atom. The van der Waals surface area contributed by atoms with E-state index in [1.807, 2.05) is 36.4 Å². The summed E-state index contributed by atoms with van der Waals surface area (Å²) in [5.74, 6) is -0.214. The van der Waals surface area contributed by atoms with E-state index in [0.29, 0.717) is 6.42 Å². The summed E-state index contributed by atoms with van der Waals surface area (Å²) in [6.07, 6.45) is 1.86.